The molecule has 0 fully saturated rings. The molecule has 0 aromatic heterocycles. The number of carbonyl (C=O) groups excluding carboxylic acids is 1. The van der Waals surface area contributed by atoms with Crippen molar-refractivity contribution in [3.05, 3.63) is 60.3 Å². The third-order valence-corrected chi connectivity index (χ3v) is 8.66. The Kier molecular flexibility index (Phi) is 15.9. The quantitative estimate of drug-likeness (QED) is 0.119. The van der Waals surface area contributed by atoms with Crippen LogP contribution in [0.2, 0.25) is 0 Å². The number of amidine groups is 1. The maximum Gasteiger partial charge on any atom is 0.222 e. The van der Waals surface area contributed by atoms with Crippen LogP contribution in [0.25, 0.3) is 0 Å². The van der Waals surface area contributed by atoms with E-state index in [-0.39, 0.29) is 11.6 Å². The van der Waals surface area contributed by atoms with Gasteiger partial charge in [0.05, 0.1) is 74.7 Å². The second-order valence-corrected chi connectivity index (χ2v) is 15.4. The number of nitrogens with one attached hydrogen (secondary N) is 4. The number of benzene rings is 2. The van der Waals surface area contributed by atoms with Gasteiger partial charge >= 0.3 is 0 Å². The first-order valence-corrected chi connectivity index (χ1v) is 18.1. The summed E-state index contributed by atoms with van der Waals surface area (Å²) in [6, 6.07) is 17.0. The maximum atomic E-state index is 12.6. The van der Waals surface area contributed by atoms with Crippen molar-refractivity contribution in [3.8, 4) is 0 Å². The average molecular weight is 680 g/mol. The van der Waals surface area contributed by atoms with Crippen LogP contribution in [0, 0.1) is 0 Å². The summed E-state index contributed by atoms with van der Waals surface area (Å²) in [5.41, 5.74) is 10.9. The topological polar surface area (TPSA) is 98.1 Å². The van der Waals surface area contributed by atoms with Gasteiger partial charge in [0, 0.05) is 74.3 Å². The van der Waals surface area contributed by atoms with E-state index in [0.29, 0.717) is 5.70 Å². The number of rotatable bonds is 22. The monoisotopic (exact) mass is 680 g/mol. The molecule has 0 bridgehead atoms. The molecule has 11 heteroatoms. The summed E-state index contributed by atoms with van der Waals surface area (Å²) in [7, 11) is 19.8. The minimum atomic E-state index is -0.511. The van der Waals surface area contributed by atoms with Crippen LogP contribution in [-0.2, 0) is 4.79 Å². The van der Waals surface area contributed by atoms with E-state index in [9.17, 15) is 4.79 Å². The fourth-order valence-corrected chi connectivity index (χ4v) is 5.93. The first-order valence-electron chi connectivity index (χ1n) is 18.1. The van der Waals surface area contributed by atoms with Gasteiger partial charge in [-0.05, 0) is 75.6 Å². The molecule has 3 rings (SSSR count). The van der Waals surface area contributed by atoms with E-state index in [2.05, 4.69) is 142 Å². The van der Waals surface area contributed by atoms with Crippen molar-refractivity contribution in [3.63, 3.8) is 0 Å². The van der Waals surface area contributed by atoms with Crippen molar-refractivity contribution in [1.82, 2.24) is 4.90 Å². The maximum absolute atomic E-state index is 12.6. The lowest BCUT2D eigenvalue weighted by atomic mass is 10.1. The third-order valence-electron chi connectivity index (χ3n) is 8.66. The molecule has 0 radical (unpaired) electrons. The summed E-state index contributed by atoms with van der Waals surface area (Å²) >= 11 is 0. The van der Waals surface area contributed by atoms with Gasteiger partial charge in [-0.2, -0.15) is 0 Å². The molecule has 0 spiro atoms. The summed E-state index contributed by atoms with van der Waals surface area (Å²) in [4.78, 5) is 27.3. The molecule has 1 atom stereocenters. The predicted octanol–water partition coefficient (Wildman–Crippen LogP) is 1.09. The molecule has 6 N–H and O–H groups in total. The van der Waals surface area contributed by atoms with Crippen LogP contribution in [-0.4, -0.2) is 143 Å². The van der Waals surface area contributed by atoms with Crippen molar-refractivity contribution in [2.45, 2.75) is 31.8 Å². The molecule has 1 unspecified atom stereocenters. The first kappa shape index (κ1) is 39.8. The zero-order valence-corrected chi connectivity index (χ0v) is 32.0. The van der Waals surface area contributed by atoms with Gasteiger partial charge in [-0.3, -0.25) is 4.79 Å². The number of ketones is 1. The third kappa shape index (κ3) is 14.8. The molecule has 2 aromatic rings. The van der Waals surface area contributed by atoms with Crippen molar-refractivity contribution in [1.29, 1.82) is 0 Å². The van der Waals surface area contributed by atoms with Crippen LogP contribution in [0.3, 0.4) is 0 Å². The Balaban J connectivity index is 1.70. The van der Waals surface area contributed by atoms with Gasteiger partial charge in [0.1, 0.15) is 0 Å². The molecule has 49 heavy (non-hydrogen) atoms. The van der Waals surface area contributed by atoms with E-state index in [4.69, 9.17) is 5.73 Å². The van der Waals surface area contributed by atoms with E-state index in [1.165, 1.54) is 21.2 Å². The molecule has 1 aliphatic heterocycles. The number of dihydropyridines is 1. The number of hydrogen-bond donors (Lipinski definition) is 5. The molecule has 11 nitrogen and oxygen atoms in total. The lowest BCUT2D eigenvalue weighted by Gasteiger charge is -2.29. The Morgan fingerprint density at radius 2 is 1.22 bits per heavy atom. The fourth-order valence-electron chi connectivity index (χ4n) is 5.93. The molecule has 2 aromatic carbocycles. The van der Waals surface area contributed by atoms with E-state index >= 15 is 0 Å². The normalized spacial score (nSPS) is 15.1. The summed E-state index contributed by atoms with van der Waals surface area (Å²) in [5.74, 6) is -0.277. The number of carbonyl (C=O) groups is 1. The van der Waals surface area contributed by atoms with Crippen LogP contribution in [0.1, 0.15) is 25.7 Å². The van der Waals surface area contributed by atoms with Crippen molar-refractivity contribution in [2.24, 2.45) is 10.7 Å². The van der Waals surface area contributed by atoms with Crippen molar-refractivity contribution < 1.29 is 19.1 Å². The summed E-state index contributed by atoms with van der Waals surface area (Å²) < 4.78 is 0.964. The second kappa shape index (κ2) is 19.5. The molecule has 0 aliphatic carbocycles. The van der Waals surface area contributed by atoms with Gasteiger partial charge < -0.3 is 45.3 Å². The second-order valence-electron chi connectivity index (χ2n) is 15.4. The highest BCUT2D eigenvalue weighted by molar-refractivity contribution is 6.43. The summed E-state index contributed by atoms with van der Waals surface area (Å²) in [5, 5.41) is 6.95. The minimum absolute atomic E-state index is 0.00851. The zero-order chi connectivity index (χ0) is 36.0. The van der Waals surface area contributed by atoms with Gasteiger partial charge in [0.25, 0.3) is 0 Å². The van der Waals surface area contributed by atoms with Crippen molar-refractivity contribution in [2.75, 3.05) is 136 Å². The van der Waals surface area contributed by atoms with Gasteiger partial charge in [-0.25, -0.2) is 4.99 Å². The standard InChI is InChI=1S/C38H64N10O/c1-43(2)22-10-25-46(26-11-23-44(3)4)33-20-16-32(17-21-33)41-38-35(30-36(49)37(39)42-38)40-31-14-18-34(19-15-31)47(27-12-24-45(5)6)28-13-29-48(7,8)9/h14-21,30,38,41H,10-13,22-29H2,1-9H3,(H2-,39,40,42,49)/p+3. The molecule has 272 valence electrons. The van der Waals surface area contributed by atoms with Crippen molar-refractivity contribution >= 4 is 34.4 Å². The van der Waals surface area contributed by atoms with Crippen LogP contribution < -0.4 is 36.0 Å². The molecule has 1 aliphatic rings. The Morgan fingerprint density at radius 3 is 1.71 bits per heavy atom. The van der Waals surface area contributed by atoms with E-state index in [1.54, 1.807) is 6.08 Å². The number of quaternary nitrogens is 3. The number of nitrogens with two attached hydrogens (primary N) is 1. The zero-order valence-electron chi connectivity index (χ0n) is 32.0. The highest BCUT2D eigenvalue weighted by atomic mass is 16.1. The molecule has 1 heterocycles. The Labute approximate surface area is 297 Å². The summed E-state index contributed by atoms with van der Waals surface area (Å²) in [6.45, 7) is 8.56. The lowest BCUT2D eigenvalue weighted by Crippen LogP contribution is -3.05. The Bertz CT molecular complexity index is 1320. The number of anilines is 4. The molecule has 0 saturated carbocycles. The SMILES string of the molecule is CN(C)CCCN(CCC[NH+](C)C)c1ccc(NC2N=C(N)C(=O)C=C2Nc2ccc(N(CCC[NH+](C)C)CCC[N+](C)(C)C)cc2)cc1. The number of hydrogen-bond acceptors (Lipinski definition) is 8. The van der Waals surface area contributed by atoms with Crippen LogP contribution in [0.5, 0.6) is 0 Å². The van der Waals surface area contributed by atoms with Crippen LogP contribution >= 0.6 is 0 Å². The van der Waals surface area contributed by atoms with Gasteiger partial charge in [-0.15, -0.1) is 0 Å². The molecular weight excluding hydrogens is 612 g/mol. The van der Waals surface area contributed by atoms with E-state index in [1.807, 2.05) is 0 Å². The first-order chi connectivity index (χ1) is 23.2. The van der Waals surface area contributed by atoms with Gasteiger partial charge in [-0.1, -0.05) is 0 Å². The highest BCUT2D eigenvalue weighted by Crippen LogP contribution is 2.25. The fraction of sp³-hybridized carbons (Fsp3) is 0.579. The van der Waals surface area contributed by atoms with Gasteiger partial charge in [0.2, 0.25) is 5.78 Å². The van der Waals surface area contributed by atoms with E-state index in [0.717, 1.165) is 93.9 Å². The smallest absolute Gasteiger partial charge is 0.222 e. The Morgan fingerprint density at radius 1 is 0.735 bits per heavy atom. The van der Waals surface area contributed by atoms with E-state index < -0.39 is 6.17 Å². The summed E-state index contributed by atoms with van der Waals surface area (Å²) in [6.07, 6.45) is 5.57. The number of aliphatic imine (C=N–C) groups is 1. The lowest BCUT2D eigenvalue weighted by molar-refractivity contribution is -0.870. The number of nitrogens with zero attached hydrogens (tertiary/aromatic N) is 5. The predicted molar refractivity (Wildman–Crippen MR) is 208 cm³/mol. The average Bonchev–Trinajstić information content (AvgIpc) is 3.02. The molecular formula is C38H67N10O+3. The molecule has 0 saturated heterocycles. The highest BCUT2D eigenvalue weighted by Gasteiger charge is 2.23. The van der Waals surface area contributed by atoms with Crippen LogP contribution in [0.15, 0.2) is 65.3 Å². The minimum Gasteiger partial charge on any atom is -0.381 e. The molecule has 0 amide bonds. The Hall–Kier alpha value is -3.64. The van der Waals surface area contributed by atoms with Crippen LogP contribution in [0.4, 0.5) is 22.7 Å². The van der Waals surface area contributed by atoms with Gasteiger partial charge in [0.15, 0.2) is 12.0 Å². The largest absolute Gasteiger partial charge is 0.381 e.